The second-order valence-electron chi connectivity index (χ2n) is 4.07. The lowest BCUT2D eigenvalue weighted by atomic mass is 10.2. The van der Waals surface area contributed by atoms with Crippen molar-refractivity contribution in [2.45, 2.75) is 13.5 Å². The van der Waals surface area contributed by atoms with Gasteiger partial charge in [-0.3, -0.25) is 0 Å². The van der Waals surface area contributed by atoms with Gasteiger partial charge in [0.15, 0.2) is 11.5 Å². The number of methoxy groups -OCH3 is 1. The number of ether oxygens (including phenoxy) is 3. The fraction of sp³-hybridized carbons (Fsp3) is 0.571. The number of rotatable bonds is 10. The van der Waals surface area contributed by atoms with Crippen molar-refractivity contribution in [1.29, 1.82) is 0 Å². The molecular weight excluding hydrogens is 326 g/mol. The van der Waals surface area contributed by atoms with Gasteiger partial charge in [0.2, 0.25) is 0 Å². The van der Waals surface area contributed by atoms with Crippen LogP contribution in [0.2, 0.25) is 0 Å². The van der Waals surface area contributed by atoms with E-state index in [1.54, 1.807) is 7.11 Å². The van der Waals surface area contributed by atoms with Crippen molar-refractivity contribution in [2.24, 2.45) is 0 Å². The Morgan fingerprint density at radius 3 is 2.70 bits per heavy atom. The number of aliphatic hydroxyl groups is 1. The first kappa shape index (κ1) is 17.2. The maximum atomic E-state index is 8.61. The van der Waals surface area contributed by atoms with Gasteiger partial charge in [0, 0.05) is 6.54 Å². The highest BCUT2D eigenvalue weighted by Gasteiger charge is 2.11. The molecule has 0 bridgehead atoms. The summed E-state index contributed by atoms with van der Waals surface area (Å²) in [6.45, 7) is 4.94. The molecule has 0 amide bonds. The van der Waals surface area contributed by atoms with Crippen molar-refractivity contribution in [2.75, 3.05) is 40.1 Å². The van der Waals surface area contributed by atoms with Crippen LogP contribution in [-0.4, -0.2) is 45.2 Å². The molecule has 2 N–H and O–H groups in total. The minimum atomic E-state index is 0.0200. The molecule has 114 valence electrons. The smallest absolute Gasteiger partial charge is 0.175 e. The van der Waals surface area contributed by atoms with Gasteiger partial charge in [0.05, 0.1) is 31.4 Å². The predicted octanol–water partition coefficient (Wildman–Crippen LogP) is 1.95. The van der Waals surface area contributed by atoms with E-state index in [0.717, 1.165) is 23.1 Å². The SMILES string of the molecule is CCNCc1cc(Br)c(OCCOCCO)c(OC)c1. The average molecular weight is 348 g/mol. The van der Waals surface area contributed by atoms with E-state index in [1.165, 1.54) is 0 Å². The molecule has 1 rings (SSSR count). The van der Waals surface area contributed by atoms with Crippen LogP contribution in [0.25, 0.3) is 0 Å². The van der Waals surface area contributed by atoms with Gasteiger partial charge < -0.3 is 24.6 Å². The van der Waals surface area contributed by atoms with Gasteiger partial charge in [-0.25, -0.2) is 0 Å². The van der Waals surface area contributed by atoms with E-state index < -0.39 is 0 Å². The maximum absolute atomic E-state index is 8.61. The lowest BCUT2D eigenvalue weighted by Gasteiger charge is -2.14. The molecule has 0 aliphatic rings. The molecule has 20 heavy (non-hydrogen) atoms. The Morgan fingerprint density at radius 1 is 1.25 bits per heavy atom. The molecule has 5 nitrogen and oxygen atoms in total. The Morgan fingerprint density at radius 2 is 2.05 bits per heavy atom. The normalized spacial score (nSPS) is 10.6. The molecule has 0 atom stereocenters. The fourth-order valence-electron chi connectivity index (χ4n) is 1.65. The van der Waals surface area contributed by atoms with E-state index in [1.807, 2.05) is 12.1 Å². The van der Waals surface area contributed by atoms with Gasteiger partial charge in [0.25, 0.3) is 0 Å². The number of hydrogen-bond donors (Lipinski definition) is 2. The molecule has 0 saturated carbocycles. The molecule has 0 radical (unpaired) electrons. The van der Waals surface area contributed by atoms with Crippen molar-refractivity contribution in [3.63, 3.8) is 0 Å². The van der Waals surface area contributed by atoms with Crippen molar-refractivity contribution >= 4 is 15.9 Å². The molecule has 0 saturated heterocycles. The number of aliphatic hydroxyl groups excluding tert-OH is 1. The number of hydrogen-bond acceptors (Lipinski definition) is 5. The molecular formula is C14H22BrNO4. The highest BCUT2D eigenvalue weighted by molar-refractivity contribution is 9.10. The van der Waals surface area contributed by atoms with Gasteiger partial charge >= 0.3 is 0 Å². The molecule has 0 fully saturated rings. The highest BCUT2D eigenvalue weighted by Crippen LogP contribution is 2.36. The van der Waals surface area contributed by atoms with Crippen LogP contribution in [0.1, 0.15) is 12.5 Å². The summed E-state index contributed by atoms with van der Waals surface area (Å²) >= 11 is 3.50. The van der Waals surface area contributed by atoms with E-state index in [9.17, 15) is 0 Å². The molecule has 1 aromatic carbocycles. The Kier molecular flexibility index (Phi) is 8.60. The van der Waals surface area contributed by atoms with Crippen molar-refractivity contribution in [1.82, 2.24) is 5.32 Å². The number of benzene rings is 1. The zero-order valence-electron chi connectivity index (χ0n) is 11.9. The molecule has 1 aromatic rings. The number of nitrogens with one attached hydrogen (secondary N) is 1. The second-order valence-corrected chi connectivity index (χ2v) is 4.93. The van der Waals surface area contributed by atoms with Gasteiger partial charge in [-0.1, -0.05) is 6.92 Å². The Bertz CT molecular complexity index is 401. The Balaban J connectivity index is 2.64. The summed E-state index contributed by atoms with van der Waals surface area (Å²) in [7, 11) is 1.62. The molecule has 0 aliphatic carbocycles. The summed E-state index contributed by atoms with van der Waals surface area (Å²) in [4.78, 5) is 0. The first-order chi connectivity index (χ1) is 9.72. The van der Waals surface area contributed by atoms with Gasteiger partial charge in [0.1, 0.15) is 6.61 Å². The maximum Gasteiger partial charge on any atom is 0.175 e. The lowest BCUT2D eigenvalue weighted by Crippen LogP contribution is -2.12. The summed E-state index contributed by atoms with van der Waals surface area (Å²) < 4.78 is 17.0. The van der Waals surface area contributed by atoms with Crippen LogP contribution in [0, 0.1) is 0 Å². The summed E-state index contributed by atoms with van der Waals surface area (Å²) in [5.41, 5.74) is 1.12. The van der Waals surface area contributed by atoms with Gasteiger partial charge in [-0.15, -0.1) is 0 Å². The standard InChI is InChI=1S/C14H22BrNO4/c1-3-16-10-11-8-12(15)14(13(9-11)18-2)20-7-6-19-5-4-17/h8-9,16-17H,3-7,10H2,1-2H3. The lowest BCUT2D eigenvalue weighted by molar-refractivity contribution is 0.0697. The predicted molar refractivity (Wildman–Crippen MR) is 81.5 cm³/mol. The van der Waals surface area contributed by atoms with Crippen LogP contribution >= 0.6 is 15.9 Å². The summed E-state index contributed by atoms with van der Waals surface area (Å²) in [6, 6.07) is 3.96. The van der Waals surface area contributed by atoms with Crippen LogP contribution in [0.4, 0.5) is 0 Å². The quantitative estimate of drug-likeness (QED) is 0.633. The average Bonchev–Trinajstić information content (AvgIpc) is 2.46. The van der Waals surface area contributed by atoms with Gasteiger partial charge in [-0.2, -0.15) is 0 Å². The van der Waals surface area contributed by atoms with E-state index in [2.05, 4.69) is 28.2 Å². The summed E-state index contributed by atoms with van der Waals surface area (Å²) in [5, 5.41) is 11.9. The third-order valence-electron chi connectivity index (χ3n) is 2.58. The fourth-order valence-corrected chi connectivity index (χ4v) is 2.26. The zero-order valence-corrected chi connectivity index (χ0v) is 13.5. The topological polar surface area (TPSA) is 60.0 Å². The van der Waals surface area contributed by atoms with E-state index in [-0.39, 0.29) is 6.61 Å². The largest absolute Gasteiger partial charge is 0.493 e. The van der Waals surface area contributed by atoms with Crippen molar-refractivity contribution in [3.8, 4) is 11.5 Å². The zero-order chi connectivity index (χ0) is 14.8. The van der Waals surface area contributed by atoms with E-state index in [0.29, 0.717) is 31.3 Å². The first-order valence-corrected chi connectivity index (χ1v) is 7.40. The summed E-state index contributed by atoms with van der Waals surface area (Å²) in [5.74, 6) is 1.36. The van der Waals surface area contributed by atoms with E-state index >= 15 is 0 Å². The molecule has 6 heteroatoms. The molecule has 0 aromatic heterocycles. The van der Waals surface area contributed by atoms with Crippen LogP contribution < -0.4 is 14.8 Å². The minimum absolute atomic E-state index is 0.0200. The van der Waals surface area contributed by atoms with Crippen molar-refractivity contribution < 1.29 is 19.3 Å². The van der Waals surface area contributed by atoms with Crippen LogP contribution in [-0.2, 0) is 11.3 Å². The molecule has 0 spiro atoms. The van der Waals surface area contributed by atoms with Gasteiger partial charge in [-0.05, 0) is 40.2 Å². The third-order valence-corrected chi connectivity index (χ3v) is 3.17. The highest BCUT2D eigenvalue weighted by atomic mass is 79.9. The van der Waals surface area contributed by atoms with E-state index in [4.69, 9.17) is 19.3 Å². The van der Waals surface area contributed by atoms with Crippen LogP contribution in [0.5, 0.6) is 11.5 Å². The summed E-state index contributed by atoms with van der Waals surface area (Å²) in [6.07, 6.45) is 0. The second kappa shape index (κ2) is 9.99. The molecule has 0 heterocycles. The number of halogens is 1. The van der Waals surface area contributed by atoms with Crippen molar-refractivity contribution in [3.05, 3.63) is 22.2 Å². The Hall–Kier alpha value is -0.820. The Labute approximate surface area is 128 Å². The third kappa shape index (κ3) is 5.66. The molecule has 0 aliphatic heterocycles. The van der Waals surface area contributed by atoms with Crippen LogP contribution in [0.15, 0.2) is 16.6 Å². The monoisotopic (exact) mass is 347 g/mol. The molecule has 0 unspecified atom stereocenters. The first-order valence-electron chi connectivity index (χ1n) is 6.61. The van der Waals surface area contributed by atoms with Crippen LogP contribution in [0.3, 0.4) is 0 Å². The minimum Gasteiger partial charge on any atom is -0.493 e.